The van der Waals surface area contributed by atoms with Crippen LogP contribution in [0.5, 0.6) is 0 Å². The Morgan fingerprint density at radius 1 is 1.40 bits per heavy atom. The molecule has 0 rings (SSSR count). The fraction of sp³-hybridized carbons (Fsp3) is 0.800. The Hall–Kier alpha value is -0.580. The Kier molecular flexibility index (Phi) is 2.83. The molecule has 0 unspecified atom stereocenters. The van der Waals surface area contributed by atoms with Crippen molar-refractivity contribution in [3.05, 3.63) is 0 Å². The van der Waals surface area contributed by atoms with Crippen LogP contribution in [0.15, 0.2) is 4.40 Å². The van der Waals surface area contributed by atoms with Gasteiger partial charge in [0.2, 0.25) is 0 Å². The summed E-state index contributed by atoms with van der Waals surface area (Å²) in [4.78, 5) is 1.64. The van der Waals surface area contributed by atoms with Crippen molar-refractivity contribution in [1.82, 2.24) is 4.90 Å². The van der Waals surface area contributed by atoms with E-state index in [-0.39, 0.29) is 0 Å². The highest BCUT2D eigenvalue weighted by Crippen LogP contribution is 1.89. The van der Waals surface area contributed by atoms with E-state index in [4.69, 9.17) is 0 Å². The molecule has 0 aliphatic rings. The Bertz CT molecular complexity index is 228. The van der Waals surface area contributed by atoms with Gasteiger partial charge in [0.25, 0.3) is 10.0 Å². The van der Waals surface area contributed by atoms with Gasteiger partial charge in [-0.3, -0.25) is 0 Å². The molecule has 0 N–H and O–H groups in total. The predicted octanol–water partition coefficient (Wildman–Crippen LogP) is -0.0740. The molecule has 0 heterocycles. The molecule has 60 valence electrons. The van der Waals surface area contributed by atoms with Crippen LogP contribution < -0.4 is 0 Å². The maximum Gasteiger partial charge on any atom is 0.251 e. The van der Waals surface area contributed by atoms with Crippen LogP contribution in [0.2, 0.25) is 0 Å². The summed E-state index contributed by atoms with van der Waals surface area (Å²) in [6, 6.07) is 0. The van der Waals surface area contributed by atoms with Crippen molar-refractivity contribution in [2.24, 2.45) is 4.40 Å². The van der Waals surface area contributed by atoms with Crippen LogP contribution in [0.25, 0.3) is 0 Å². The van der Waals surface area contributed by atoms with Crippen molar-refractivity contribution in [1.29, 1.82) is 0 Å². The van der Waals surface area contributed by atoms with E-state index in [0.29, 0.717) is 5.84 Å². The normalized spacial score (nSPS) is 13.4. The number of rotatable bonds is 1. The molecule has 0 aromatic heterocycles. The molecule has 5 heteroatoms. The number of nitrogens with zero attached hydrogens (tertiary/aromatic N) is 2. The van der Waals surface area contributed by atoms with Crippen molar-refractivity contribution in [3.63, 3.8) is 0 Å². The van der Waals surface area contributed by atoms with Gasteiger partial charge in [-0.2, -0.15) is 4.40 Å². The van der Waals surface area contributed by atoms with Crippen LogP contribution in [0.1, 0.15) is 6.92 Å². The molecule has 0 aromatic rings. The van der Waals surface area contributed by atoms with Gasteiger partial charge in [-0.05, 0) is 6.92 Å². The number of hydrogen-bond acceptors (Lipinski definition) is 2. The van der Waals surface area contributed by atoms with E-state index in [9.17, 15) is 8.42 Å². The SMILES string of the molecule is C/C(=N\S(C)(=O)=O)N(C)C. The van der Waals surface area contributed by atoms with Crippen molar-refractivity contribution in [3.8, 4) is 0 Å². The van der Waals surface area contributed by atoms with Crippen LogP contribution >= 0.6 is 0 Å². The highest BCUT2D eigenvalue weighted by Gasteiger charge is 1.99. The summed E-state index contributed by atoms with van der Waals surface area (Å²) >= 11 is 0. The van der Waals surface area contributed by atoms with Crippen LogP contribution in [-0.4, -0.2) is 39.5 Å². The zero-order valence-electron chi connectivity index (χ0n) is 6.62. The highest BCUT2D eigenvalue weighted by atomic mass is 32.2. The Labute approximate surface area is 61.6 Å². The van der Waals surface area contributed by atoms with Gasteiger partial charge in [-0.15, -0.1) is 0 Å². The quantitative estimate of drug-likeness (QED) is 0.402. The van der Waals surface area contributed by atoms with Crippen LogP contribution in [0.4, 0.5) is 0 Å². The van der Waals surface area contributed by atoms with Crippen LogP contribution in [-0.2, 0) is 10.0 Å². The maximum atomic E-state index is 10.5. The zero-order valence-corrected chi connectivity index (χ0v) is 7.44. The first kappa shape index (κ1) is 9.42. The lowest BCUT2D eigenvalue weighted by Gasteiger charge is -2.09. The standard InChI is InChI=1S/C5H12N2O2S/c1-5(7(2)3)6-10(4,8)9/h1-4H3/b6-5+. The fourth-order valence-corrected chi connectivity index (χ4v) is 0.965. The van der Waals surface area contributed by atoms with Gasteiger partial charge in [0.1, 0.15) is 5.84 Å². The van der Waals surface area contributed by atoms with E-state index in [0.717, 1.165) is 6.26 Å². The summed E-state index contributed by atoms with van der Waals surface area (Å²) in [5.74, 6) is 0.488. The topological polar surface area (TPSA) is 49.7 Å². The minimum atomic E-state index is -3.22. The van der Waals surface area contributed by atoms with Crippen molar-refractivity contribution >= 4 is 15.9 Å². The first-order chi connectivity index (χ1) is 4.33. The second-order valence-corrected chi connectivity index (χ2v) is 3.91. The summed E-state index contributed by atoms with van der Waals surface area (Å²) in [5, 5.41) is 0. The molecule has 0 bridgehead atoms. The van der Waals surface area contributed by atoms with E-state index in [2.05, 4.69) is 4.40 Å². The lowest BCUT2D eigenvalue weighted by molar-refractivity contribution is 0.595. The summed E-state index contributed by atoms with van der Waals surface area (Å²) in [6.45, 7) is 1.64. The summed E-state index contributed by atoms with van der Waals surface area (Å²) < 4.78 is 24.5. The molecule has 0 aliphatic carbocycles. The third-order valence-corrected chi connectivity index (χ3v) is 1.54. The largest absolute Gasteiger partial charge is 0.366 e. The Morgan fingerprint density at radius 3 is 1.90 bits per heavy atom. The molecule has 0 atom stereocenters. The predicted molar refractivity (Wildman–Crippen MR) is 41.6 cm³/mol. The molecule has 0 aliphatic heterocycles. The molecule has 0 saturated carbocycles. The summed E-state index contributed by atoms with van der Waals surface area (Å²) in [5.41, 5.74) is 0. The molecular weight excluding hydrogens is 152 g/mol. The zero-order chi connectivity index (χ0) is 8.36. The average Bonchev–Trinajstić information content (AvgIpc) is 1.60. The van der Waals surface area contributed by atoms with Gasteiger partial charge in [0.15, 0.2) is 0 Å². The van der Waals surface area contributed by atoms with Crippen molar-refractivity contribution in [2.75, 3.05) is 20.4 Å². The third kappa shape index (κ3) is 4.31. The summed E-state index contributed by atoms with van der Waals surface area (Å²) in [6.07, 6.45) is 1.07. The highest BCUT2D eigenvalue weighted by molar-refractivity contribution is 7.89. The molecule has 0 aromatic carbocycles. The van der Waals surface area contributed by atoms with Crippen molar-refractivity contribution < 1.29 is 8.42 Å². The summed E-state index contributed by atoms with van der Waals surface area (Å²) in [7, 11) is 0.258. The molecule has 0 spiro atoms. The van der Waals surface area contributed by atoms with E-state index in [1.165, 1.54) is 0 Å². The van der Waals surface area contributed by atoms with E-state index in [1.807, 2.05) is 0 Å². The average molecular weight is 164 g/mol. The van der Waals surface area contributed by atoms with E-state index < -0.39 is 10.0 Å². The minimum Gasteiger partial charge on any atom is -0.366 e. The maximum absolute atomic E-state index is 10.5. The third-order valence-electron chi connectivity index (χ3n) is 0.945. The number of hydrogen-bond donors (Lipinski definition) is 0. The van der Waals surface area contributed by atoms with Crippen LogP contribution in [0, 0.1) is 0 Å². The van der Waals surface area contributed by atoms with E-state index in [1.54, 1.807) is 25.9 Å². The molecule has 0 fully saturated rings. The first-order valence-electron chi connectivity index (χ1n) is 2.77. The van der Waals surface area contributed by atoms with Crippen LogP contribution in [0.3, 0.4) is 0 Å². The molecule has 4 nitrogen and oxygen atoms in total. The molecule has 0 radical (unpaired) electrons. The minimum absolute atomic E-state index is 0.488. The molecule has 10 heavy (non-hydrogen) atoms. The second kappa shape index (κ2) is 3.01. The fourth-order valence-electron chi connectivity index (χ4n) is 0.322. The van der Waals surface area contributed by atoms with Gasteiger partial charge in [0, 0.05) is 14.1 Å². The Balaban J connectivity index is 4.49. The van der Waals surface area contributed by atoms with Gasteiger partial charge < -0.3 is 4.90 Å². The van der Waals surface area contributed by atoms with Gasteiger partial charge in [-0.1, -0.05) is 0 Å². The lowest BCUT2D eigenvalue weighted by Crippen LogP contribution is -2.19. The smallest absolute Gasteiger partial charge is 0.251 e. The number of sulfonamides is 1. The second-order valence-electron chi connectivity index (χ2n) is 2.27. The van der Waals surface area contributed by atoms with Gasteiger partial charge in [0.05, 0.1) is 6.26 Å². The molecule has 0 saturated heterocycles. The molecule has 0 amide bonds. The van der Waals surface area contributed by atoms with Gasteiger partial charge >= 0.3 is 0 Å². The Morgan fingerprint density at radius 2 is 1.80 bits per heavy atom. The lowest BCUT2D eigenvalue weighted by atomic mass is 10.6. The number of amidine groups is 1. The first-order valence-corrected chi connectivity index (χ1v) is 4.61. The van der Waals surface area contributed by atoms with E-state index >= 15 is 0 Å². The monoisotopic (exact) mass is 164 g/mol. The van der Waals surface area contributed by atoms with Crippen molar-refractivity contribution in [2.45, 2.75) is 6.92 Å². The molecular formula is C5H12N2O2S. The van der Waals surface area contributed by atoms with Gasteiger partial charge in [-0.25, -0.2) is 8.42 Å².